The van der Waals surface area contributed by atoms with E-state index in [4.69, 9.17) is 9.84 Å². The molecule has 0 bridgehead atoms. The minimum atomic E-state index is 0.0631. The van der Waals surface area contributed by atoms with Crippen molar-refractivity contribution in [3.05, 3.63) is 29.1 Å². The molecule has 0 N–H and O–H groups in total. The van der Waals surface area contributed by atoms with Gasteiger partial charge in [-0.25, -0.2) is 0 Å². The van der Waals surface area contributed by atoms with Crippen molar-refractivity contribution in [3.8, 4) is 0 Å². The van der Waals surface area contributed by atoms with Gasteiger partial charge in [0.2, 0.25) is 0 Å². The number of aromatic nitrogens is 2. The van der Waals surface area contributed by atoms with Crippen molar-refractivity contribution in [2.45, 2.75) is 77.9 Å². The summed E-state index contributed by atoms with van der Waals surface area (Å²) in [5, 5.41) is 5.06. The molecule has 2 aliphatic rings. The number of hydrogen-bond donors (Lipinski definition) is 0. The van der Waals surface area contributed by atoms with Gasteiger partial charge in [-0.3, -0.25) is 4.68 Å². The Morgan fingerprint density at radius 2 is 2.05 bits per heavy atom. The topological polar surface area (TPSA) is 27.1 Å². The maximum Gasteiger partial charge on any atom is 0.0966 e. The van der Waals surface area contributed by atoms with Gasteiger partial charge in [-0.15, -0.1) is 0 Å². The molecule has 0 aromatic carbocycles. The Morgan fingerprint density at radius 3 is 2.86 bits per heavy atom. The Hall–Kier alpha value is -1.09. The van der Waals surface area contributed by atoms with E-state index >= 15 is 0 Å². The van der Waals surface area contributed by atoms with Gasteiger partial charge in [0, 0.05) is 6.42 Å². The molecule has 0 amide bonds. The van der Waals surface area contributed by atoms with Crippen LogP contribution >= 0.6 is 0 Å². The molecule has 1 aliphatic carbocycles. The van der Waals surface area contributed by atoms with Crippen LogP contribution in [-0.4, -0.2) is 16.4 Å². The normalized spacial score (nSPS) is 30.0. The van der Waals surface area contributed by atoms with Crippen molar-refractivity contribution in [3.63, 3.8) is 0 Å². The SMILES string of the molecule is CC1COC(C)c2c3c(nn2C(C)(C)C1)C/C=C\CCCC3. The smallest absolute Gasteiger partial charge is 0.0966 e. The zero-order valence-corrected chi connectivity index (χ0v) is 14.6. The van der Waals surface area contributed by atoms with Crippen molar-refractivity contribution in [1.29, 1.82) is 0 Å². The van der Waals surface area contributed by atoms with Gasteiger partial charge in [-0.05, 0) is 64.4 Å². The summed E-state index contributed by atoms with van der Waals surface area (Å²) in [6, 6.07) is 0. The molecule has 0 spiro atoms. The first-order chi connectivity index (χ1) is 10.5. The second-order valence-corrected chi connectivity index (χ2v) is 7.74. The number of fused-ring (bicyclic) bond motifs is 3. The van der Waals surface area contributed by atoms with Crippen LogP contribution in [0.1, 0.15) is 76.4 Å². The van der Waals surface area contributed by atoms with Crippen molar-refractivity contribution < 1.29 is 4.74 Å². The van der Waals surface area contributed by atoms with Gasteiger partial charge in [0.15, 0.2) is 0 Å². The summed E-state index contributed by atoms with van der Waals surface area (Å²) in [6.45, 7) is 9.99. The second-order valence-electron chi connectivity index (χ2n) is 7.74. The molecule has 122 valence electrons. The van der Waals surface area contributed by atoms with E-state index in [2.05, 4.69) is 44.5 Å². The fourth-order valence-corrected chi connectivity index (χ4v) is 4.09. The summed E-state index contributed by atoms with van der Waals surface area (Å²) in [5.41, 5.74) is 4.13. The molecule has 0 fully saturated rings. The van der Waals surface area contributed by atoms with Crippen LogP contribution in [0.2, 0.25) is 0 Å². The van der Waals surface area contributed by atoms with Gasteiger partial charge in [-0.1, -0.05) is 19.1 Å². The Morgan fingerprint density at radius 1 is 1.23 bits per heavy atom. The lowest BCUT2D eigenvalue weighted by atomic mass is 9.90. The Labute approximate surface area is 134 Å². The lowest BCUT2D eigenvalue weighted by Crippen LogP contribution is -2.35. The Bertz CT molecular complexity index is 556. The molecular weight excluding hydrogens is 272 g/mol. The summed E-state index contributed by atoms with van der Waals surface area (Å²) < 4.78 is 8.46. The zero-order valence-electron chi connectivity index (χ0n) is 14.6. The predicted molar refractivity (Wildman–Crippen MR) is 90.1 cm³/mol. The maximum atomic E-state index is 6.16. The van der Waals surface area contributed by atoms with Crippen LogP contribution in [0.5, 0.6) is 0 Å². The summed E-state index contributed by atoms with van der Waals surface area (Å²) in [6.07, 6.45) is 11.7. The van der Waals surface area contributed by atoms with Gasteiger partial charge in [0.25, 0.3) is 0 Å². The Kier molecular flexibility index (Phi) is 4.44. The molecule has 2 heterocycles. The van der Waals surface area contributed by atoms with Crippen molar-refractivity contribution in [1.82, 2.24) is 9.78 Å². The van der Waals surface area contributed by atoms with E-state index in [0.29, 0.717) is 5.92 Å². The van der Waals surface area contributed by atoms with E-state index in [0.717, 1.165) is 25.9 Å². The van der Waals surface area contributed by atoms with Gasteiger partial charge in [-0.2, -0.15) is 5.10 Å². The summed E-state index contributed by atoms with van der Waals surface area (Å²) in [7, 11) is 0. The number of allylic oxidation sites excluding steroid dienone is 2. The summed E-state index contributed by atoms with van der Waals surface area (Å²) >= 11 is 0. The van der Waals surface area contributed by atoms with Crippen molar-refractivity contribution >= 4 is 0 Å². The third kappa shape index (κ3) is 3.01. The van der Waals surface area contributed by atoms with Crippen LogP contribution in [0.3, 0.4) is 0 Å². The molecule has 1 aromatic heterocycles. The highest BCUT2D eigenvalue weighted by Gasteiger charge is 2.34. The number of ether oxygens (including phenoxy) is 1. The average Bonchev–Trinajstić information content (AvgIpc) is 2.85. The van der Waals surface area contributed by atoms with Crippen LogP contribution in [0.4, 0.5) is 0 Å². The molecule has 0 saturated heterocycles. The first kappa shape index (κ1) is 15.8. The first-order valence-corrected chi connectivity index (χ1v) is 8.87. The molecular formula is C19H30N2O. The van der Waals surface area contributed by atoms with E-state index in [1.54, 1.807) is 0 Å². The third-order valence-electron chi connectivity index (χ3n) is 5.07. The monoisotopic (exact) mass is 302 g/mol. The van der Waals surface area contributed by atoms with Gasteiger partial charge < -0.3 is 4.74 Å². The van der Waals surface area contributed by atoms with E-state index < -0.39 is 0 Å². The lowest BCUT2D eigenvalue weighted by Gasteiger charge is -2.35. The molecule has 2 atom stereocenters. The van der Waals surface area contributed by atoms with Gasteiger partial charge in [0.05, 0.1) is 29.6 Å². The molecule has 3 nitrogen and oxygen atoms in total. The highest BCUT2D eigenvalue weighted by Crippen LogP contribution is 2.36. The highest BCUT2D eigenvalue weighted by molar-refractivity contribution is 5.31. The molecule has 22 heavy (non-hydrogen) atoms. The molecule has 3 heteroatoms. The zero-order chi connectivity index (χ0) is 15.7. The fraction of sp³-hybridized carbons (Fsp3) is 0.737. The standard InChI is InChI=1S/C19H30N2O/c1-14-12-19(3,4)21-18(15(2)22-13-14)16-10-8-6-5-7-9-11-17(16)20-21/h7,9,14-15H,5-6,8,10-13H2,1-4H3/b9-7-. The van der Waals surface area contributed by atoms with Gasteiger partial charge in [0.1, 0.15) is 0 Å². The van der Waals surface area contributed by atoms with Gasteiger partial charge >= 0.3 is 0 Å². The first-order valence-electron chi connectivity index (χ1n) is 8.87. The van der Waals surface area contributed by atoms with Crippen molar-refractivity contribution in [2.24, 2.45) is 5.92 Å². The Balaban J connectivity index is 2.10. The molecule has 1 aromatic rings. The van der Waals surface area contributed by atoms with Crippen LogP contribution < -0.4 is 0 Å². The molecule has 2 unspecified atom stereocenters. The van der Waals surface area contributed by atoms with Crippen LogP contribution in [0.25, 0.3) is 0 Å². The summed E-state index contributed by atoms with van der Waals surface area (Å²) in [4.78, 5) is 0. The maximum absolute atomic E-state index is 6.16. The fourth-order valence-electron chi connectivity index (χ4n) is 4.09. The minimum Gasteiger partial charge on any atom is -0.372 e. The van der Waals surface area contributed by atoms with Crippen LogP contribution in [-0.2, 0) is 23.1 Å². The molecule has 0 radical (unpaired) electrons. The second kappa shape index (κ2) is 6.19. The predicted octanol–water partition coefficient (Wildman–Crippen LogP) is 4.56. The number of rotatable bonds is 0. The molecule has 0 saturated carbocycles. The quantitative estimate of drug-likeness (QED) is 0.657. The van der Waals surface area contributed by atoms with Crippen LogP contribution in [0, 0.1) is 5.92 Å². The van der Waals surface area contributed by atoms with Crippen LogP contribution in [0.15, 0.2) is 12.2 Å². The highest BCUT2D eigenvalue weighted by atomic mass is 16.5. The van der Waals surface area contributed by atoms with E-state index in [1.807, 2.05) is 0 Å². The van der Waals surface area contributed by atoms with E-state index in [1.165, 1.54) is 36.2 Å². The van der Waals surface area contributed by atoms with E-state index in [9.17, 15) is 0 Å². The third-order valence-corrected chi connectivity index (χ3v) is 5.07. The summed E-state index contributed by atoms with van der Waals surface area (Å²) in [5.74, 6) is 0.570. The molecule has 3 rings (SSSR count). The van der Waals surface area contributed by atoms with E-state index in [-0.39, 0.29) is 11.6 Å². The number of nitrogens with zero attached hydrogens (tertiary/aromatic N) is 2. The minimum absolute atomic E-state index is 0.0631. The largest absolute Gasteiger partial charge is 0.372 e. The number of hydrogen-bond acceptors (Lipinski definition) is 2. The van der Waals surface area contributed by atoms with Crippen molar-refractivity contribution in [2.75, 3.05) is 6.61 Å². The lowest BCUT2D eigenvalue weighted by molar-refractivity contribution is 0.00890. The molecule has 1 aliphatic heterocycles. The average molecular weight is 302 g/mol.